The van der Waals surface area contributed by atoms with Crippen LogP contribution in [0.4, 0.5) is 5.13 Å². The van der Waals surface area contributed by atoms with Gasteiger partial charge in [-0.3, -0.25) is 4.72 Å². The minimum atomic E-state index is -3.69. The van der Waals surface area contributed by atoms with Crippen LogP contribution in [0.25, 0.3) is 10.2 Å². The van der Waals surface area contributed by atoms with E-state index in [2.05, 4.69) is 9.71 Å². The van der Waals surface area contributed by atoms with Gasteiger partial charge < -0.3 is 0 Å². The highest BCUT2D eigenvalue weighted by molar-refractivity contribution is 7.93. The van der Waals surface area contributed by atoms with Crippen molar-refractivity contribution in [2.75, 3.05) is 4.72 Å². The Kier molecular flexibility index (Phi) is 4.03. The monoisotopic (exact) mass is 372 g/mol. The van der Waals surface area contributed by atoms with Crippen molar-refractivity contribution in [3.8, 4) is 0 Å². The highest BCUT2D eigenvalue weighted by atomic mass is 35.5. The van der Waals surface area contributed by atoms with Crippen molar-refractivity contribution >= 4 is 59.9 Å². The maximum atomic E-state index is 12.3. The van der Waals surface area contributed by atoms with Crippen molar-refractivity contribution in [1.29, 1.82) is 0 Å². The van der Waals surface area contributed by atoms with E-state index in [-0.39, 0.29) is 10.0 Å². The third-order valence-corrected chi connectivity index (χ3v) is 6.22. The summed E-state index contributed by atoms with van der Waals surface area (Å²) in [6, 6.07) is 9.85. The molecule has 0 atom stereocenters. The molecule has 1 N–H and O–H groups in total. The second-order valence-electron chi connectivity index (χ2n) is 4.64. The standard InChI is InChI=1S/C14H10Cl2N2O2S2/c1-8-2-4-9(5-3-8)22(19,20)18-14-17-12-10(15)6-7-11(16)13(12)21-14/h2-7H,1H3,(H,17,18). The minimum Gasteiger partial charge on any atom is -0.255 e. The fourth-order valence-electron chi connectivity index (χ4n) is 1.88. The molecule has 0 bridgehead atoms. The van der Waals surface area contributed by atoms with Gasteiger partial charge in [-0.05, 0) is 31.2 Å². The average Bonchev–Trinajstić information content (AvgIpc) is 2.88. The summed E-state index contributed by atoms with van der Waals surface area (Å²) in [4.78, 5) is 4.39. The third kappa shape index (κ3) is 2.92. The number of nitrogens with one attached hydrogen (secondary N) is 1. The molecule has 114 valence electrons. The van der Waals surface area contributed by atoms with Crippen LogP contribution in [0.15, 0.2) is 41.3 Å². The quantitative estimate of drug-likeness (QED) is 0.723. The molecule has 3 rings (SSSR count). The zero-order chi connectivity index (χ0) is 15.9. The van der Waals surface area contributed by atoms with E-state index in [4.69, 9.17) is 23.2 Å². The Morgan fingerprint density at radius 3 is 2.32 bits per heavy atom. The highest BCUT2D eigenvalue weighted by Gasteiger charge is 2.18. The number of nitrogens with zero attached hydrogens (tertiary/aromatic N) is 1. The van der Waals surface area contributed by atoms with Gasteiger partial charge in [0.25, 0.3) is 10.0 Å². The first-order chi connectivity index (χ1) is 10.4. The Bertz CT molecular complexity index is 912. The van der Waals surface area contributed by atoms with Crippen LogP contribution in [0, 0.1) is 6.92 Å². The van der Waals surface area contributed by atoms with E-state index in [0.29, 0.717) is 20.3 Å². The maximum absolute atomic E-state index is 12.3. The summed E-state index contributed by atoms with van der Waals surface area (Å²) in [6.45, 7) is 1.89. The summed E-state index contributed by atoms with van der Waals surface area (Å²) in [5.41, 5.74) is 1.47. The van der Waals surface area contributed by atoms with Gasteiger partial charge in [-0.25, -0.2) is 13.4 Å². The van der Waals surface area contributed by atoms with Gasteiger partial charge in [-0.15, -0.1) is 0 Å². The molecule has 4 nitrogen and oxygen atoms in total. The van der Waals surface area contributed by atoms with Crippen LogP contribution < -0.4 is 4.72 Å². The number of fused-ring (bicyclic) bond motifs is 1. The van der Waals surface area contributed by atoms with Crippen LogP contribution in [0.2, 0.25) is 10.0 Å². The molecule has 1 aromatic heterocycles. The van der Waals surface area contributed by atoms with Gasteiger partial charge in [0.2, 0.25) is 0 Å². The van der Waals surface area contributed by atoms with Crippen LogP contribution in [-0.4, -0.2) is 13.4 Å². The molecule has 0 unspecified atom stereocenters. The van der Waals surface area contributed by atoms with E-state index in [1.54, 1.807) is 36.4 Å². The largest absolute Gasteiger partial charge is 0.263 e. The molecule has 3 aromatic rings. The molecule has 0 aliphatic rings. The number of sulfonamides is 1. The first-order valence-corrected chi connectivity index (χ1v) is 9.26. The van der Waals surface area contributed by atoms with E-state index >= 15 is 0 Å². The lowest BCUT2D eigenvalue weighted by atomic mass is 10.2. The number of thiazole rings is 1. The molecule has 0 saturated carbocycles. The Hall–Kier alpha value is -1.34. The number of hydrogen-bond donors (Lipinski definition) is 1. The summed E-state index contributed by atoms with van der Waals surface area (Å²) in [5, 5.41) is 1.14. The molecule has 0 aliphatic heterocycles. The lowest BCUT2D eigenvalue weighted by Crippen LogP contribution is -2.12. The number of halogens is 2. The van der Waals surface area contributed by atoms with Gasteiger partial charge in [0.15, 0.2) is 5.13 Å². The summed E-state index contributed by atoms with van der Waals surface area (Å²) in [5.74, 6) is 0. The molecule has 0 spiro atoms. The summed E-state index contributed by atoms with van der Waals surface area (Å²) in [7, 11) is -3.69. The second-order valence-corrected chi connectivity index (χ2v) is 8.14. The summed E-state index contributed by atoms with van der Waals surface area (Å²) >= 11 is 13.3. The molecular weight excluding hydrogens is 363 g/mol. The minimum absolute atomic E-state index is 0.176. The van der Waals surface area contributed by atoms with Gasteiger partial charge in [-0.2, -0.15) is 0 Å². The Morgan fingerprint density at radius 1 is 1.05 bits per heavy atom. The molecule has 0 aliphatic carbocycles. The lowest BCUT2D eigenvalue weighted by molar-refractivity contribution is 0.601. The van der Waals surface area contributed by atoms with E-state index < -0.39 is 10.0 Å². The van der Waals surface area contributed by atoms with Gasteiger partial charge in [0.05, 0.1) is 19.6 Å². The van der Waals surface area contributed by atoms with Crippen molar-refractivity contribution in [3.63, 3.8) is 0 Å². The number of aryl methyl sites for hydroxylation is 1. The molecule has 2 aromatic carbocycles. The summed E-state index contributed by atoms with van der Waals surface area (Å²) in [6.07, 6.45) is 0. The second kappa shape index (κ2) is 5.70. The summed E-state index contributed by atoms with van der Waals surface area (Å²) < 4.78 is 27.8. The van der Waals surface area contributed by atoms with Crippen LogP contribution in [-0.2, 0) is 10.0 Å². The van der Waals surface area contributed by atoms with Gasteiger partial charge in [-0.1, -0.05) is 52.2 Å². The van der Waals surface area contributed by atoms with Crippen LogP contribution in [0.5, 0.6) is 0 Å². The molecule has 22 heavy (non-hydrogen) atoms. The number of aromatic nitrogens is 1. The van der Waals surface area contributed by atoms with Crippen LogP contribution in [0.1, 0.15) is 5.56 Å². The van der Waals surface area contributed by atoms with Gasteiger partial charge in [0.1, 0.15) is 5.52 Å². The zero-order valence-corrected chi connectivity index (χ0v) is 14.4. The normalized spacial score (nSPS) is 11.8. The first-order valence-electron chi connectivity index (χ1n) is 6.21. The number of benzene rings is 2. The predicted octanol–water partition coefficient (Wildman–Crippen LogP) is 4.71. The molecule has 0 fully saturated rings. The number of rotatable bonds is 3. The van der Waals surface area contributed by atoms with Crippen molar-refractivity contribution in [2.24, 2.45) is 0 Å². The first kappa shape index (κ1) is 15.6. The number of hydrogen-bond acceptors (Lipinski definition) is 4. The highest BCUT2D eigenvalue weighted by Crippen LogP contribution is 2.36. The smallest absolute Gasteiger partial charge is 0.255 e. The molecule has 0 amide bonds. The van der Waals surface area contributed by atoms with E-state index in [1.165, 1.54) is 0 Å². The SMILES string of the molecule is Cc1ccc(S(=O)(=O)Nc2nc3c(Cl)ccc(Cl)c3s2)cc1. The molecule has 0 radical (unpaired) electrons. The van der Waals surface area contributed by atoms with Gasteiger partial charge in [0, 0.05) is 0 Å². The Morgan fingerprint density at radius 2 is 1.68 bits per heavy atom. The fourth-order valence-corrected chi connectivity index (χ4v) is 4.54. The maximum Gasteiger partial charge on any atom is 0.263 e. The average molecular weight is 373 g/mol. The fraction of sp³-hybridized carbons (Fsp3) is 0.0714. The predicted molar refractivity (Wildman–Crippen MR) is 91.6 cm³/mol. The Balaban J connectivity index is 2.00. The Labute approximate surface area is 141 Å². The van der Waals surface area contributed by atoms with Crippen molar-refractivity contribution in [3.05, 3.63) is 52.0 Å². The van der Waals surface area contributed by atoms with E-state index in [9.17, 15) is 8.42 Å². The van der Waals surface area contributed by atoms with Crippen molar-refractivity contribution < 1.29 is 8.42 Å². The van der Waals surface area contributed by atoms with Gasteiger partial charge >= 0.3 is 0 Å². The lowest BCUT2D eigenvalue weighted by Gasteiger charge is -2.04. The van der Waals surface area contributed by atoms with Crippen molar-refractivity contribution in [2.45, 2.75) is 11.8 Å². The topological polar surface area (TPSA) is 59.1 Å². The molecule has 8 heteroatoms. The van der Waals surface area contributed by atoms with Crippen LogP contribution in [0.3, 0.4) is 0 Å². The number of anilines is 1. The third-order valence-electron chi connectivity index (χ3n) is 3.00. The van der Waals surface area contributed by atoms with E-state index in [1.807, 2.05) is 6.92 Å². The molecule has 1 heterocycles. The molecular formula is C14H10Cl2N2O2S2. The van der Waals surface area contributed by atoms with E-state index in [0.717, 1.165) is 16.9 Å². The zero-order valence-electron chi connectivity index (χ0n) is 11.3. The molecule has 0 saturated heterocycles. The van der Waals surface area contributed by atoms with Crippen molar-refractivity contribution in [1.82, 2.24) is 4.98 Å². The van der Waals surface area contributed by atoms with Crippen LogP contribution >= 0.6 is 34.5 Å².